The molecule has 0 aromatic carbocycles. The van der Waals surface area contributed by atoms with Crippen LogP contribution in [0.25, 0.3) is 21.7 Å². The number of aromatic nitrogens is 4. The first kappa shape index (κ1) is 11.7. The van der Waals surface area contributed by atoms with E-state index in [4.69, 9.17) is 5.84 Å². The van der Waals surface area contributed by atoms with Gasteiger partial charge in [-0.1, -0.05) is 0 Å². The Hall–Kier alpha value is -2.12. The number of thiophene rings is 1. The van der Waals surface area contributed by atoms with Crippen molar-refractivity contribution in [2.45, 2.75) is 19.3 Å². The van der Waals surface area contributed by atoms with Crippen LogP contribution < -0.4 is 11.3 Å². The van der Waals surface area contributed by atoms with E-state index in [0.717, 1.165) is 23.1 Å². The highest BCUT2D eigenvalue weighted by molar-refractivity contribution is 7.19. The molecule has 3 N–H and O–H groups in total. The molecule has 1 aliphatic rings. The van der Waals surface area contributed by atoms with Crippen molar-refractivity contribution in [1.82, 2.24) is 19.9 Å². The third kappa shape index (κ3) is 1.67. The van der Waals surface area contributed by atoms with E-state index < -0.39 is 0 Å². The third-order valence-electron chi connectivity index (χ3n) is 3.51. The maximum atomic E-state index is 5.65. The Morgan fingerprint density at radius 3 is 3.00 bits per heavy atom. The Bertz CT molecular complexity index is 782. The Labute approximate surface area is 119 Å². The molecule has 0 unspecified atom stereocenters. The van der Waals surface area contributed by atoms with E-state index in [2.05, 4.69) is 25.4 Å². The summed E-state index contributed by atoms with van der Waals surface area (Å²) in [6, 6.07) is 1.79. The predicted octanol–water partition coefficient (Wildman–Crippen LogP) is 1.92. The zero-order valence-electron chi connectivity index (χ0n) is 10.6. The fraction of sp³-hybridized carbons (Fsp3) is 0.231. The van der Waals surface area contributed by atoms with Crippen molar-refractivity contribution in [3.05, 3.63) is 29.0 Å². The first-order valence-electron chi connectivity index (χ1n) is 6.42. The number of anilines is 1. The zero-order valence-corrected chi connectivity index (χ0v) is 11.4. The van der Waals surface area contributed by atoms with Crippen LogP contribution >= 0.6 is 11.3 Å². The van der Waals surface area contributed by atoms with Crippen LogP contribution in [-0.4, -0.2) is 19.9 Å². The molecular weight excluding hydrogens is 272 g/mol. The summed E-state index contributed by atoms with van der Waals surface area (Å²) < 4.78 is 0. The topological polar surface area (TPSA) is 89.6 Å². The number of nitrogen functional groups attached to an aromatic ring is 1. The number of nitrogens with one attached hydrogen (secondary N) is 1. The van der Waals surface area contributed by atoms with E-state index in [9.17, 15) is 0 Å². The predicted molar refractivity (Wildman–Crippen MR) is 78.3 cm³/mol. The smallest absolute Gasteiger partial charge is 0.181 e. The van der Waals surface area contributed by atoms with Crippen LogP contribution in [0.1, 0.15) is 16.9 Å². The molecule has 0 bridgehead atoms. The van der Waals surface area contributed by atoms with Gasteiger partial charge in [0, 0.05) is 11.1 Å². The number of hydrogen-bond donors (Lipinski definition) is 2. The van der Waals surface area contributed by atoms with Gasteiger partial charge in [-0.25, -0.2) is 25.8 Å². The minimum absolute atomic E-state index is 0.577. The standard InChI is InChI=1S/C13H12N6S/c14-19-12-10-7-2-1-3-9(7)20-13(10)18-11(17-12)8-4-5-15-6-16-8/h4-6H,1-3,14H2,(H,17,18,19). The Morgan fingerprint density at radius 2 is 2.20 bits per heavy atom. The van der Waals surface area contributed by atoms with Crippen LogP contribution in [0.5, 0.6) is 0 Å². The van der Waals surface area contributed by atoms with Gasteiger partial charge in [-0.15, -0.1) is 11.3 Å². The summed E-state index contributed by atoms with van der Waals surface area (Å²) in [4.78, 5) is 19.6. The maximum absolute atomic E-state index is 5.65. The maximum Gasteiger partial charge on any atom is 0.181 e. The first-order valence-corrected chi connectivity index (χ1v) is 7.24. The molecule has 0 radical (unpaired) electrons. The monoisotopic (exact) mass is 284 g/mol. The van der Waals surface area contributed by atoms with Crippen LogP contribution in [0, 0.1) is 0 Å². The molecule has 100 valence electrons. The lowest BCUT2D eigenvalue weighted by Gasteiger charge is -2.06. The highest BCUT2D eigenvalue weighted by Crippen LogP contribution is 2.39. The van der Waals surface area contributed by atoms with E-state index >= 15 is 0 Å². The van der Waals surface area contributed by atoms with Gasteiger partial charge in [0.15, 0.2) is 11.6 Å². The van der Waals surface area contributed by atoms with Gasteiger partial charge in [-0.2, -0.15) is 0 Å². The summed E-state index contributed by atoms with van der Waals surface area (Å²) in [5.41, 5.74) is 4.76. The van der Waals surface area contributed by atoms with Crippen LogP contribution in [0.4, 0.5) is 5.82 Å². The Morgan fingerprint density at radius 1 is 1.25 bits per heavy atom. The lowest BCUT2D eigenvalue weighted by molar-refractivity contribution is 0.917. The highest BCUT2D eigenvalue weighted by Gasteiger charge is 2.22. The summed E-state index contributed by atoms with van der Waals surface area (Å²) in [5, 5.41) is 1.07. The Kier molecular flexibility index (Phi) is 2.61. The van der Waals surface area contributed by atoms with E-state index in [0.29, 0.717) is 17.3 Å². The number of hydrazine groups is 1. The molecule has 20 heavy (non-hydrogen) atoms. The summed E-state index contributed by atoms with van der Waals surface area (Å²) in [5.74, 6) is 6.91. The van der Waals surface area contributed by atoms with Gasteiger partial charge >= 0.3 is 0 Å². The summed E-state index contributed by atoms with van der Waals surface area (Å²) in [6.07, 6.45) is 6.59. The largest absolute Gasteiger partial charge is 0.308 e. The summed E-state index contributed by atoms with van der Waals surface area (Å²) >= 11 is 1.73. The van der Waals surface area contributed by atoms with Crippen molar-refractivity contribution in [1.29, 1.82) is 0 Å². The van der Waals surface area contributed by atoms with Gasteiger partial charge in [-0.3, -0.25) is 0 Å². The summed E-state index contributed by atoms with van der Waals surface area (Å²) in [7, 11) is 0. The minimum Gasteiger partial charge on any atom is -0.308 e. The van der Waals surface area contributed by atoms with E-state index in [1.54, 1.807) is 23.6 Å². The Balaban J connectivity index is 1.98. The van der Waals surface area contributed by atoms with Crippen molar-refractivity contribution in [2.75, 3.05) is 5.43 Å². The lowest BCUT2D eigenvalue weighted by atomic mass is 10.2. The van der Waals surface area contributed by atoms with Crippen molar-refractivity contribution in [2.24, 2.45) is 5.84 Å². The molecule has 3 heterocycles. The number of hydrogen-bond acceptors (Lipinski definition) is 7. The average Bonchev–Trinajstić information content (AvgIpc) is 3.07. The van der Waals surface area contributed by atoms with Crippen LogP contribution in [0.3, 0.4) is 0 Å². The van der Waals surface area contributed by atoms with Crippen molar-refractivity contribution in [3.63, 3.8) is 0 Å². The van der Waals surface area contributed by atoms with Crippen LogP contribution in [0.2, 0.25) is 0 Å². The molecule has 0 saturated heterocycles. The van der Waals surface area contributed by atoms with E-state index in [-0.39, 0.29) is 0 Å². The second kappa shape index (κ2) is 4.46. The lowest BCUT2D eigenvalue weighted by Crippen LogP contribution is -2.10. The molecule has 6 nitrogen and oxygen atoms in total. The second-order valence-electron chi connectivity index (χ2n) is 4.67. The quantitative estimate of drug-likeness (QED) is 0.552. The molecule has 1 aliphatic carbocycles. The molecule has 0 saturated carbocycles. The van der Waals surface area contributed by atoms with Crippen molar-refractivity contribution in [3.8, 4) is 11.5 Å². The first-order chi connectivity index (χ1) is 9.86. The van der Waals surface area contributed by atoms with Crippen molar-refractivity contribution < 1.29 is 0 Å². The van der Waals surface area contributed by atoms with Gasteiger partial charge in [0.2, 0.25) is 0 Å². The number of fused-ring (bicyclic) bond motifs is 3. The number of aryl methyl sites for hydroxylation is 2. The number of rotatable bonds is 2. The molecule has 3 aromatic rings. The van der Waals surface area contributed by atoms with E-state index in [1.807, 2.05) is 0 Å². The summed E-state index contributed by atoms with van der Waals surface area (Å²) in [6.45, 7) is 0. The van der Waals surface area contributed by atoms with Crippen LogP contribution in [0.15, 0.2) is 18.6 Å². The van der Waals surface area contributed by atoms with Gasteiger partial charge < -0.3 is 5.43 Å². The van der Waals surface area contributed by atoms with Gasteiger partial charge in [0.1, 0.15) is 16.9 Å². The molecule has 0 amide bonds. The molecular formula is C13H12N6S. The molecule has 4 rings (SSSR count). The van der Waals surface area contributed by atoms with Gasteiger partial charge in [-0.05, 0) is 30.9 Å². The van der Waals surface area contributed by atoms with Crippen LogP contribution in [-0.2, 0) is 12.8 Å². The molecule has 0 aliphatic heterocycles. The fourth-order valence-electron chi connectivity index (χ4n) is 2.64. The molecule has 7 heteroatoms. The SMILES string of the molecule is NNc1nc(-c2ccncn2)nc2sc3c(c12)CCC3. The number of nitrogens with two attached hydrogens (primary N) is 1. The second-order valence-corrected chi connectivity index (χ2v) is 5.76. The average molecular weight is 284 g/mol. The highest BCUT2D eigenvalue weighted by atomic mass is 32.1. The van der Waals surface area contributed by atoms with E-state index in [1.165, 1.54) is 23.2 Å². The van der Waals surface area contributed by atoms with Gasteiger partial charge in [0.25, 0.3) is 0 Å². The third-order valence-corrected chi connectivity index (χ3v) is 4.70. The molecule has 0 atom stereocenters. The minimum atomic E-state index is 0.577. The normalized spacial score (nSPS) is 13.7. The zero-order chi connectivity index (χ0) is 13.5. The fourth-order valence-corrected chi connectivity index (χ4v) is 3.90. The van der Waals surface area contributed by atoms with Crippen molar-refractivity contribution >= 4 is 27.4 Å². The molecule has 0 fully saturated rings. The molecule has 0 spiro atoms. The molecule has 3 aromatic heterocycles. The van der Waals surface area contributed by atoms with Gasteiger partial charge in [0.05, 0.1) is 5.39 Å². The number of nitrogens with zero attached hydrogens (tertiary/aromatic N) is 4.